The van der Waals surface area contributed by atoms with Gasteiger partial charge in [0, 0.05) is 12.0 Å². The van der Waals surface area contributed by atoms with E-state index in [0.29, 0.717) is 23.5 Å². The molecule has 6 nitrogen and oxygen atoms in total. The van der Waals surface area contributed by atoms with E-state index in [4.69, 9.17) is 4.74 Å². The maximum atomic E-state index is 13.3. The lowest BCUT2D eigenvalue weighted by molar-refractivity contribution is -0.137. The average Bonchev–Trinajstić information content (AvgIpc) is 3.36. The number of alkyl halides is 3. The minimum atomic E-state index is -4.46. The first-order valence-corrected chi connectivity index (χ1v) is 9.28. The molecule has 9 heteroatoms. The summed E-state index contributed by atoms with van der Waals surface area (Å²) in [5, 5.41) is 7.89. The Morgan fingerprint density at radius 1 is 1.03 bits per heavy atom. The fourth-order valence-corrected chi connectivity index (χ4v) is 3.48. The Hall–Kier alpha value is -4.06. The van der Waals surface area contributed by atoms with Crippen LogP contribution in [0.1, 0.15) is 28.2 Å². The molecule has 0 fully saturated rings. The van der Waals surface area contributed by atoms with Crippen LogP contribution in [0, 0.1) is 11.8 Å². The Kier molecular flexibility index (Phi) is 4.29. The number of hydrogen-bond donors (Lipinski definition) is 0. The van der Waals surface area contributed by atoms with Gasteiger partial charge in [-0.25, -0.2) is 9.67 Å². The highest BCUT2D eigenvalue weighted by atomic mass is 19.4. The van der Waals surface area contributed by atoms with E-state index in [1.54, 1.807) is 18.0 Å². The largest absolute Gasteiger partial charge is 0.497 e. The van der Waals surface area contributed by atoms with Crippen LogP contribution in [0.2, 0.25) is 0 Å². The highest BCUT2D eigenvalue weighted by Crippen LogP contribution is 2.35. The van der Waals surface area contributed by atoms with Crippen molar-refractivity contribution in [3.05, 3.63) is 83.2 Å². The number of hydrogen-bond acceptors (Lipinski definition) is 4. The number of nitrogens with zero attached hydrogens (tertiary/aromatic N) is 5. The van der Waals surface area contributed by atoms with Crippen molar-refractivity contribution < 1.29 is 17.9 Å². The van der Waals surface area contributed by atoms with Gasteiger partial charge >= 0.3 is 6.18 Å². The van der Waals surface area contributed by atoms with Crippen molar-refractivity contribution in [3.63, 3.8) is 0 Å². The minimum Gasteiger partial charge on any atom is -0.497 e. The standard InChI is InChI=1S/C22H14F3N5O/c1-31-17-6-2-14(3-7-17)4-8-18-20-11-16-12-27-28-30(16)21-10-15(22(23,24)25)5-9-19(21)29(20)13-26-18/h2-3,5-7,9-10,12-13H,11H2,1H3. The van der Waals surface area contributed by atoms with E-state index in [2.05, 4.69) is 27.1 Å². The van der Waals surface area contributed by atoms with E-state index in [9.17, 15) is 13.2 Å². The summed E-state index contributed by atoms with van der Waals surface area (Å²) in [6.07, 6.45) is -0.989. The third-order valence-corrected chi connectivity index (χ3v) is 5.04. The molecule has 2 aromatic heterocycles. The molecule has 1 aliphatic heterocycles. The summed E-state index contributed by atoms with van der Waals surface area (Å²) in [5.41, 5.74) is 2.78. The van der Waals surface area contributed by atoms with Crippen LogP contribution in [0.5, 0.6) is 5.75 Å². The Balaban J connectivity index is 1.62. The average molecular weight is 421 g/mol. The second kappa shape index (κ2) is 7.02. The third-order valence-electron chi connectivity index (χ3n) is 5.04. The van der Waals surface area contributed by atoms with Crippen molar-refractivity contribution in [1.29, 1.82) is 0 Å². The molecule has 0 aliphatic carbocycles. The number of ether oxygens (including phenoxy) is 1. The van der Waals surface area contributed by atoms with Crippen LogP contribution in [-0.2, 0) is 12.6 Å². The molecular weight excluding hydrogens is 407 g/mol. The van der Waals surface area contributed by atoms with Gasteiger partial charge in [-0.15, -0.1) is 5.10 Å². The Morgan fingerprint density at radius 3 is 2.58 bits per heavy atom. The molecule has 0 amide bonds. The predicted octanol–water partition coefficient (Wildman–Crippen LogP) is 3.78. The lowest BCUT2D eigenvalue weighted by Gasteiger charge is -2.13. The van der Waals surface area contributed by atoms with Gasteiger partial charge in [0.15, 0.2) is 0 Å². The molecule has 31 heavy (non-hydrogen) atoms. The van der Waals surface area contributed by atoms with Crippen molar-refractivity contribution in [2.24, 2.45) is 0 Å². The summed E-state index contributed by atoms with van der Waals surface area (Å²) < 4.78 is 48.2. The van der Waals surface area contributed by atoms with Gasteiger partial charge in [0.2, 0.25) is 0 Å². The van der Waals surface area contributed by atoms with Crippen molar-refractivity contribution in [3.8, 4) is 29.0 Å². The Bertz CT molecular complexity index is 1340. The molecule has 0 saturated carbocycles. The molecule has 2 aromatic carbocycles. The monoisotopic (exact) mass is 421 g/mol. The Morgan fingerprint density at radius 2 is 1.84 bits per heavy atom. The van der Waals surface area contributed by atoms with E-state index >= 15 is 0 Å². The number of aromatic nitrogens is 5. The minimum absolute atomic E-state index is 0.285. The van der Waals surface area contributed by atoms with E-state index in [-0.39, 0.29) is 5.69 Å². The molecule has 0 atom stereocenters. The molecule has 0 unspecified atom stereocenters. The molecule has 5 rings (SSSR count). The second-order valence-electron chi connectivity index (χ2n) is 6.90. The fourth-order valence-electron chi connectivity index (χ4n) is 3.48. The number of methoxy groups -OCH3 is 1. The second-order valence-corrected chi connectivity index (χ2v) is 6.90. The highest BCUT2D eigenvalue weighted by Gasteiger charge is 2.32. The summed E-state index contributed by atoms with van der Waals surface area (Å²) >= 11 is 0. The summed E-state index contributed by atoms with van der Waals surface area (Å²) in [4.78, 5) is 4.41. The zero-order valence-electron chi connectivity index (χ0n) is 16.2. The zero-order valence-corrected chi connectivity index (χ0v) is 16.2. The van der Waals surface area contributed by atoms with Crippen molar-refractivity contribution in [2.45, 2.75) is 12.6 Å². The normalized spacial score (nSPS) is 12.1. The lowest BCUT2D eigenvalue weighted by atomic mass is 10.1. The fraction of sp³-hybridized carbons (Fsp3) is 0.136. The smallest absolute Gasteiger partial charge is 0.416 e. The van der Waals surface area contributed by atoms with E-state index in [1.165, 1.54) is 16.9 Å². The SMILES string of the molecule is COc1ccc(C#Cc2ncn3c2Cc2cnnn2-c2cc(C(F)(F)F)ccc2-3)cc1. The first kappa shape index (κ1) is 18.9. The molecule has 1 aliphatic rings. The summed E-state index contributed by atoms with van der Waals surface area (Å²) in [7, 11) is 1.59. The molecular formula is C22H14F3N5O. The van der Waals surface area contributed by atoms with E-state index in [0.717, 1.165) is 29.1 Å². The summed E-state index contributed by atoms with van der Waals surface area (Å²) in [6, 6.07) is 10.9. The Labute approximate surface area is 174 Å². The predicted molar refractivity (Wildman–Crippen MR) is 105 cm³/mol. The maximum absolute atomic E-state index is 13.3. The lowest BCUT2D eigenvalue weighted by Crippen LogP contribution is -2.09. The van der Waals surface area contributed by atoms with Crippen LogP contribution < -0.4 is 4.74 Å². The van der Waals surface area contributed by atoms with Crippen molar-refractivity contribution >= 4 is 0 Å². The van der Waals surface area contributed by atoms with Gasteiger partial charge in [-0.1, -0.05) is 11.1 Å². The first-order chi connectivity index (χ1) is 14.9. The first-order valence-electron chi connectivity index (χ1n) is 9.28. The van der Waals surface area contributed by atoms with Gasteiger partial charge in [0.1, 0.15) is 17.8 Å². The van der Waals surface area contributed by atoms with Crippen LogP contribution in [-0.4, -0.2) is 31.7 Å². The van der Waals surface area contributed by atoms with Gasteiger partial charge in [-0.05, 0) is 48.4 Å². The van der Waals surface area contributed by atoms with Gasteiger partial charge in [-0.3, -0.25) is 4.57 Å². The summed E-state index contributed by atoms with van der Waals surface area (Å²) in [6.45, 7) is 0. The quantitative estimate of drug-likeness (QED) is 0.387. The van der Waals surface area contributed by atoms with Gasteiger partial charge in [0.25, 0.3) is 0 Å². The van der Waals surface area contributed by atoms with Crippen molar-refractivity contribution in [2.75, 3.05) is 7.11 Å². The number of benzene rings is 2. The maximum Gasteiger partial charge on any atom is 0.416 e. The molecule has 0 radical (unpaired) electrons. The highest BCUT2D eigenvalue weighted by molar-refractivity contribution is 5.59. The molecule has 4 aromatic rings. The molecule has 0 saturated heterocycles. The number of imidazole rings is 1. The molecule has 0 bridgehead atoms. The molecule has 3 heterocycles. The van der Waals surface area contributed by atoms with Crippen LogP contribution in [0.3, 0.4) is 0 Å². The van der Waals surface area contributed by atoms with Crippen LogP contribution >= 0.6 is 0 Å². The molecule has 0 spiro atoms. The third kappa shape index (κ3) is 3.32. The number of fused-ring (bicyclic) bond motifs is 5. The van der Waals surface area contributed by atoms with Crippen LogP contribution in [0.25, 0.3) is 11.4 Å². The van der Waals surface area contributed by atoms with Crippen molar-refractivity contribution in [1.82, 2.24) is 24.5 Å². The number of rotatable bonds is 1. The zero-order chi connectivity index (χ0) is 21.6. The van der Waals surface area contributed by atoms with Gasteiger partial charge < -0.3 is 4.74 Å². The number of halogens is 3. The van der Waals surface area contributed by atoms with Gasteiger partial charge in [-0.2, -0.15) is 13.2 Å². The van der Waals surface area contributed by atoms with Gasteiger partial charge in [0.05, 0.1) is 41.6 Å². The topological polar surface area (TPSA) is 57.8 Å². The summed E-state index contributed by atoms with van der Waals surface area (Å²) in [5.74, 6) is 6.88. The van der Waals surface area contributed by atoms with Crippen LogP contribution in [0.4, 0.5) is 13.2 Å². The van der Waals surface area contributed by atoms with Crippen LogP contribution in [0.15, 0.2) is 55.0 Å². The van der Waals surface area contributed by atoms with E-state index in [1.807, 2.05) is 24.3 Å². The molecule has 0 N–H and O–H groups in total. The van der Waals surface area contributed by atoms with E-state index < -0.39 is 11.7 Å². The molecule has 154 valence electrons.